The van der Waals surface area contributed by atoms with E-state index in [1.165, 1.54) is 11.7 Å². The van der Waals surface area contributed by atoms with Crippen LogP contribution < -0.4 is 21.3 Å². The molecule has 3 aromatic carbocycles. The minimum absolute atomic E-state index is 0.239. The van der Waals surface area contributed by atoms with E-state index >= 15 is 0 Å². The smallest absolute Gasteiger partial charge is 0.336 e. The molecule has 1 N–H and O–H groups in total. The molecule has 7 heteroatoms. The van der Waals surface area contributed by atoms with Gasteiger partial charge in [-0.1, -0.05) is 30.3 Å². The van der Waals surface area contributed by atoms with Crippen LogP contribution >= 0.6 is 0 Å². The Morgan fingerprint density at radius 2 is 1.74 bits per heavy atom. The van der Waals surface area contributed by atoms with Crippen molar-refractivity contribution in [1.29, 1.82) is 0 Å². The molecule has 1 amide bonds. The fourth-order valence-electron chi connectivity index (χ4n) is 3.52. The van der Waals surface area contributed by atoms with Gasteiger partial charge in [0, 0.05) is 11.8 Å². The molecule has 4 rings (SSSR count). The van der Waals surface area contributed by atoms with Gasteiger partial charge in [0.1, 0.15) is 12.3 Å². The Kier molecular flexibility index (Phi) is 5.41. The number of methoxy groups -OCH3 is 1. The highest BCUT2D eigenvalue weighted by Gasteiger charge is 2.17. The highest BCUT2D eigenvalue weighted by atomic mass is 16.5. The van der Waals surface area contributed by atoms with E-state index in [1.54, 1.807) is 54.6 Å². The first-order valence-corrected chi connectivity index (χ1v) is 9.73. The molecule has 0 saturated heterocycles. The summed E-state index contributed by atoms with van der Waals surface area (Å²) in [5.41, 5.74) is 1.36. The Balaban J connectivity index is 1.84. The average molecular weight is 415 g/mol. The van der Waals surface area contributed by atoms with Gasteiger partial charge >= 0.3 is 5.69 Å². The van der Waals surface area contributed by atoms with Crippen LogP contribution in [0.5, 0.6) is 5.75 Å². The molecule has 0 spiro atoms. The van der Waals surface area contributed by atoms with Crippen molar-refractivity contribution in [1.82, 2.24) is 9.13 Å². The monoisotopic (exact) mass is 415 g/mol. The molecule has 0 aliphatic rings. The zero-order chi connectivity index (χ0) is 22.0. The van der Waals surface area contributed by atoms with E-state index < -0.39 is 11.2 Å². The quantitative estimate of drug-likeness (QED) is 0.543. The van der Waals surface area contributed by atoms with Gasteiger partial charge in [-0.2, -0.15) is 0 Å². The van der Waals surface area contributed by atoms with Gasteiger partial charge in [-0.3, -0.25) is 14.2 Å². The highest BCUT2D eigenvalue weighted by Crippen LogP contribution is 2.16. The minimum Gasteiger partial charge on any atom is -0.497 e. The largest absolute Gasteiger partial charge is 0.497 e. The summed E-state index contributed by atoms with van der Waals surface area (Å²) >= 11 is 0. The van der Waals surface area contributed by atoms with Crippen molar-refractivity contribution < 1.29 is 9.53 Å². The lowest BCUT2D eigenvalue weighted by atomic mass is 10.2. The molecule has 0 bridgehead atoms. The third kappa shape index (κ3) is 3.98. The topological polar surface area (TPSA) is 82.3 Å². The van der Waals surface area contributed by atoms with E-state index in [4.69, 9.17) is 4.74 Å². The van der Waals surface area contributed by atoms with Crippen LogP contribution in [0.4, 0.5) is 5.69 Å². The molecule has 0 fully saturated rings. The second-order valence-corrected chi connectivity index (χ2v) is 7.15. The molecule has 7 nitrogen and oxygen atoms in total. The first-order valence-electron chi connectivity index (χ1n) is 9.73. The van der Waals surface area contributed by atoms with Crippen LogP contribution in [0.1, 0.15) is 5.56 Å². The van der Waals surface area contributed by atoms with Crippen molar-refractivity contribution in [3.8, 4) is 11.4 Å². The Bertz CT molecular complexity index is 1400. The predicted molar refractivity (Wildman–Crippen MR) is 120 cm³/mol. The molecule has 0 atom stereocenters. The van der Waals surface area contributed by atoms with Crippen molar-refractivity contribution in [3.63, 3.8) is 0 Å². The van der Waals surface area contributed by atoms with Crippen molar-refractivity contribution in [2.45, 2.75) is 13.5 Å². The van der Waals surface area contributed by atoms with Gasteiger partial charge in [0.2, 0.25) is 5.91 Å². The summed E-state index contributed by atoms with van der Waals surface area (Å²) in [6, 6.07) is 20.8. The molecule has 4 aromatic rings. The number of nitrogens with zero attached hydrogens (tertiary/aromatic N) is 2. The van der Waals surface area contributed by atoms with Gasteiger partial charge in [0.05, 0.1) is 23.7 Å². The molecular formula is C24H21N3O4. The second kappa shape index (κ2) is 8.31. The summed E-state index contributed by atoms with van der Waals surface area (Å²) < 4.78 is 7.59. The second-order valence-electron chi connectivity index (χ2n) is 7.15. The number of amides is 1. The van der Waals surface area contributed by atoms with E-state index in [0.29, 0.717) is 28.0 Å². The van der Waals surface area contributed by atoms with Gasteiger partial charge in [-0.25, -0.2) is 9.36 Å². The van der Waals surface area contributed by atoms with Crippen LogP contribution in [-0.2, 0) is 11.3 Å². The molecular weight excluding hydrogens is 394 g/mol. The fourth-order valence-corrected chi connectivity index (χ4v) is 3.52. The summed E-state index contributed by atoms with van der Waals surface area (Å²) in [6.45, 7) is 1.69. The van der Waals surface area contributed by atoms with Gasteiger partial charge in [0.25, 0.3) is 5.56 Å². The van der Waals surface area contributed by atoms with Crippen molar-refractivity contribution in [2.24, 2.45) is 0 Å². The number of rotatable bonds is 5. The van der Waals surface area contributed by atoms with Crippen LogP contribution in [0.15, 0.2) is 82.4 Å². The molecule has 0 aliphatic carbocycles. The fraction of sp³-hybridized carbons (Fsp3) is 0.125. The van der Waals surface area contributed by atoms with E-state index in [9.17, 15) is 14.4 Å². The molecule has 31 heavy (non-hydrogen) atoms. The Morgan fingerprint density at radius 3 is 2.52 bits per heavy atom. The van der Waals surface area contributed by atoms with Gasteiger partial charge in [-0.15, -0.1) is 0 Å². The van der Waals surface area contributed by atoms with Crippen molar-refractivity contribution in [3.05, 3.63) is 99.2 Å². The predicted octanol–water partition coefficient (Wildman–Crippen LogP) is 3.11. The first-order chi connectivity index (χ1) is 15.0. The number of aromatic nitrogens is 2. The summed E-state index contributed by atoms with van der Waals surface area (Å²) in [6.07, 6.45) is 0. The zero-order valence-corrected chi connectivity index (χ0v) is 17.2. The lowest BCUT2D eigenvalue weighted by molar-refractivity contribution is -0.116. The molecule has 0 radical (unpaired) electrons. The zero-order valence-electron chi connectivity index (χ0n) is 17.2. The van der Waals surface area contributed by atoms with Crippen LogP contribution in [0, 0.1) is 6.92 Å². The maximum Gasteiger partial charge on any atom is 0.336 e. The number of para-hydroxylation sites is 1. The van der Waals surface area contributed by atoms with Crippen molar-refractivity contribution in [2.75, 3.05) is 12.4 Å². The van der Waals surface area contributed by atoms with Gasteiger partial charge in [-0.05, 0) is 48.9 Å². The lowest BCUT2D eigenvalue weighted by Crippen LogP contribution is -2.40. The third-order valence-electron chi connectivity index (χ3n) is 4.97. The number of carbonyl (C=O) groups excluding carboxylic acids is 1. The molecule has 0 saturated carbocycles. The van der Waals surface area contributed by atoms with E-state index in [2.05, 4.69) is 5.32 Å². The van der Waals surface area contributed by atoms with Crippen LogP contribution in [0.25, 0.3) is 16.6 Å². The molecule has 0 aliphatic heterocycles. The molecule has 1 heterocycles. The maximum absolute atomic E-state index is 13.4. The van der Waals surface area contributed by atoms with E-state index in [0.717, 1.165) is 10.1 Å². The standard InChI is InChI=1S/C24H21N3O4/c1-16-7-5-8-17(13-16)25-22(28)15-26-21-12-4-3-11-20(21)23(29)27(24(26)30)18-9-6-10-19(14-18)31-2/h3-14H,15H2,1-2H3,(H,25,28). The first kappa shape index (κ1) is 20.2. The number of benzene rings is 3. The van der Waals surface area contributed by atoms with E-state index in [1.807, 2.05) is 25.1 Å². The highest BCUT2D eigenvalue weighted by molar-refractivity contribution is 5.91. The SMILES string of the molecule is COc1cccc(-n2c(=O)c3ccccc3n(CC(=O)Nc3cccc(C)c3)c2=O)c1. The summed E-state index contributed by atoms with van der Waals surface area (Å²) in [5.74, 6) is 0.148. The Hall–Kier alpha value is -4.13. The number of ether oxygens (including phenoxy) is 1. The Labute approximate surface area is 178 Å². The Morgan fingerprint density at radius 1 is 0.968 bits per heavy atom. The lowest BCUT2D eigenvalue weighted by Gasteiger charge is -2.15. The minimum atomic E-state index is -0.601. The van der Waals surface area contributed by atoms with E-state index in [-0.39, 0.29) is 12.5 Å². The number of carbonyl (C=O) groups is 1. The summed E-state index contributed by atoms with van der Waals surface area (Å²) in [7, 11) is 1.51. The summed E-state index contributed by atoms with van der Waals surface area (Å²) in [5, 5.41) is 3.15. The van der Waals surface area contributed by atoms with Gasteiger partial charge in [0.15, 0.2) is 0 Å². The molecule has 156 valence electrons. The number of aryl methyl sites for hydroxylation is 1. The number of nitrogens with one attached hydrogen (secondary N) is 1. The van der Waals surface area contributed by atoms with Crippen LogP contribution in [0.3, 0.4) is 0 Å². The van der Waals surface area contributed by atoms with Crippen molar-refractivity contribution >= 4 is 22.5 Å². The maximum atomic E-state index is 13.4. The third-order valence-corrected chi connectivity index (χ3v) is 4.97. The van der Waals surface area contributed by atoms with Crippen LogP contribution in [-0.4, -0.2) is 22.2 Å². The molecule has 1 aromatic heterocycles. The van der Waals surface area contributed by atoms with Crippen LogP contribution in [0.2, 0.25) is 0 Å². The number of fused-ring (bicyclic) bond motifs is 1. The normalized spacial score (nSPS) is 10.8. The number of hydrogen-bond donors (Lipinski definition) is 1. The number of hydrogen-bond acceptors (Lipinski definition) is 4. The number of anilines is 1. The summed E-state index contributed by atoms with van der Waals surface area (Å²) in [4.78, 5) is 39.2. The average Bonchev–Trinajstić information content (AvgIpc) is 2.77. The molecule has 0 unspecified atom stereocenters. The van der Waals surface area contributed by atoms with Gasteiger partial charge < -0.3 is 10.1 Å².